The molecule has 134 valence electrons. The smallest absolute Gasteiger partial charge is 0.228 e. The van der Waals surface area contributed by atoms with Crippen LogP contribution in [0.15, 0.2) is 18.2 Å². The minimum atomic E-state index is -0.0457. The summed E-state index contributed by atoms with van der Waals surface area (Å²) in [6.45, 7) is 0.353. The van der Waals surface area contributed by atoms with Gasteiger partial charge in [-0.1, -0.05) is 0 Å². The SMILES string of the molecule is NCCC(=O)N[C@H]1CC[C@H](C(=O)Nc2ccc3c(c2)CC(=O)N3)CC1. The summed E-state index contributed by atoms with van der Waals surface area (Å²) in [7, 11) is 0. The lowest BCUT2D eigenvalue weighted by molar-refractivity contribution is -0.122. The topological polar surface area (TPSA) is 113 Å². The summed E-state index contributed by atoms with van der Waals surface area (Å²) < 4.78 is 0. The maximum absolute atomic E-state index is 12.5. The summed E-state index contributed by atoms with van der Waals surface area (Å²) in [5.41, 5.74) is 7.82. The zero-order valence-corrected chi connectivity index (χ0v) is 14.1. The number of carbonyl (C=O) groups excluding carboxylic acids is 3. The molecule has 1 aromatic rings. The van der Waals surface area contributed by atoms with E-state index in [1.165, 1.54) is 0 Å². The lowest BCUT2D eigenvalue weighted by Crippen LogP contribution is -2.40. The molecule has 0 radical (unpaired) electrons. The van der Waals surface area contributed by atoms with Crippen molar-refractivity contribution in [2.24, 2.45) is 11.7 Å². The van der Waals surface area contributed by atoms with Gasteiger partial charge >= 0.3 is 0 Å². The Morgan fingerprint density at radius 2 is 1.96 bits per heavy atom. The minimum Gasteiger partial charge on any atom is -0.353 e. The predicted octanol–water partition coefficient (Wildman–Crippen LogP) is 1.14. The van der Waals surface area contributed by atoms with E-state index in [1.807, 2.05) is 12.1 Å². The minimum absolute atomic E-state index is 0.00367. The third-order valence-electron chi connectivity index (χ3n) is 4.83. The summed E-state index contributed by atoms with van der Waals surface area (Å²) in [6.07, 6.45) is 3.81. The summed E-state index contributed by atoms with van der Waals surface area (Å²) in [5.74, 6) is -0.0789. The van der Waals surface area contributed by atoms with E-state index in [1.54, 1.807) is 6.07 Å². The van der Waals surface area contributed by atoms with E-state index in [2.05, 4.69) is 16.0 Å². The first-order valence-corrected chi connectivity index (χ1v) is 8.78. The summed E-state index contributed by atoms with van der Waals surface area (Å²) >= 11 is 0. The molecule has 7 nitrogen and oxygen atoms in total. The largest absolute Gasteiger partial charge is 0.353 e. The summed E-state index contributed by atoms with van der Waals surface area (Å²) in [6, 6.07) is 5.62. The summed E-state index contributed by atoms with van der Waals surface area (Å²) in [5, 5.41) is 8.70. The molecule has 0 saturated heterocycles. The van der Waals surface area contributed by atoms with Crippen LogP contribution in [0.4, 0.5) is 11.4 Å². The van der Waals surface area contributed by atoms with Crippen LogP contribution >= 0.6 is 0 Å². The first-order chi connectivity index (χ1) is 12.0. The van der Waals surface area contributed by atoms with Gasteiger partial charge in [-0.15, -0.1) is 0 Å². The van der Waals surface area contributed by atoms with Gasteiger partial charge in [-0.2, -0.15) is 0 Å². The van der Waals surface area contributed by atoms with Crippen LogP contribution in [-0.4, -0.2) is 30.3 Å². The van der Waals surface area contributed by atoms with E-state index in [0.717, 1.165) is 42.6 Å². The molecule has 7 heteroatoms. The van der Waals surface area contributed by atoms with Gasteiger partial charge in [-0.25, -0.2) is 0 Å². The molecule has 3 amide bonds. The fraction of sp³-hybridized carbons (Fsp3) is 0.500. The fourth-order valence-electron chi connectivity index (χ4n) is 3.48. The molecule has 1 fully saturated rings. The van der Waals surface area contributed by atoms with Gasteiger partial charge in [0, 0.05) is 36.3 Å². The molecule has 1 aliphatic carbocycles. The first kappa shape index (κ1) is 17.4. The molecule has 1 heterocycles. The number of carbonyl (C=O) groups is 3. The fourth-order valence-corrected chi connectivity index (χ4v) is 3.48. The Kier molecular flexibility index (Phi) is 5.33. The van der Waals surface area contributed by atoms with E-state index in [9.17, 15) is 14.4 Å². The van der Waals surface area contributed by atoms with Gasteiger partial charge in [0.1, 0.15) is 0 Å². The van der Waals surface area contributed by atoms with Gasteiger partial charge in [0.05, 0.1) is 6.42 Å². The molecule has 2 aliphatic rings. The number of nitrogens with two attached hydrogens (primary N) is 1. The predicted molar refractivity (Wildman–Crippen MR) is 95.0 cm³/mol. The van der Waals surface area contributed by atoms with Crippen LogP contribution in [0.3, 0.4) is 0 Å². The van der Waals surface area contributed by atoms with Crippen molar-refractivity contribution in [2.45, 2.75) is 44.6 Å². The molecule has 1 saturated carbocycles. The van der Waals surface area contributed by atoms with Gasteiger partial charge in [-0.3, -0.25) is 14.4 Å². The number of hydrogen-bond acceptors (Lipinski definition) is 4. The number of hydrogen-bond donors (Lipinski definition) is 4. The Labute approximate surface area is 146 Å². The van der Waals surface area contributed by atoms with Gasteiger partial charge in [0.25, 0.3) is 0 Å². The lowest BCUT2D eigenvalue weighted by Gasteiger charge is -2.28. The number of anilines is 2. The van der Waals surface area contributed by atoms with Crippen LogP contribution in [0.5, 0.6) is 0 Å². The second-order valence-electron chi connectivity index (χ2n) is 6.74. The normalized spacial score (nSPS) is 22.0. The zero-order chi connectivity index (χ0) is 17.8. The average Bonchev–Trinajstić information content (AvgIpc) is 2.95. The first-order valence-electron chi connectivity index (χ1n) is 8.78. The highest BCUT2D eigenvalue weighted by Gasteiger charge is 2.27. The molecule has 5 N–H and O–H groups in total. The van der Waals surface area contributed by atoms with E-state index < -0.39 is 0 Å². The number of benzene rings is 1. The monoisotopic (exact) mass is 344 g/mol. The van der Waals surface area contributed by atoms with Crippen molar-refractivity contribution in [2.75, 3.05) is 17.2 Å². The van der Waals surface area contributed by atoms with Crippen molar-refractivity contribution in [1.29, 1.82) is 0 Å². The Morgan fingerprint density at radius 3 is 2.68 bits per heavy atom. The second kappa shape index (κ2) is 7.65. The maximum Gasteiger partial charge on any atom is 0.228 e. The van der Waals surface area contributed by atoms with Crippen molar-refractivity contribution < 1.29 is 14.4 Å². The van der Waals surface area contributed by atoms with Crippen LogP contribution < -0.4 is 21.7 Å². The standard InChI is InChI=1S/C18H24N4O3/c19-8-7-16(23)20-13-3-1-11(2-4-13)18(25)21-14-5-6-15-12(9-14)10-17(24)22-15/h5-6,9,11,13H,1-4,7-8,10,19H2,(H,20,23)(H,21,25)(H,22,24)/t11-,13-. The van der Waals surface area contributed by atoms with Crippen molar-refractivity contribution >= 4 is 29.1 Å². The van der Waals surface area contributed by atoms with Crippen LogP contribution in [0, 0.1) is 5.92 Å². The van der Waals surface area contributed by atoms with Crippen molar-refractivity contribution in [3.63, 3.8) is 0 Å². The molecule has 1 aliphatic heterocycles. The lowest BCUT2D eigenvalue weighted by atomic mass is 9.85. The molecular formula is C18H24N4O3. The van der Waals surface area contributed by atoms with Gasteiger partial charge < -0.3 is 21.7 Å². The third-order valence-corrected chi connectivity index (χ3v) is 4.83. The Hall–Kier alpha value is -2.41. The highest BCUT2D eigenvalue weighted by Crippen LogP contribution is 2.28. The number of amides is 3. The Morgan fingerprint density at radius 1 is 1.20 bits per heavy atom. The highest BCUT2D eigenvalue weighted by atomic mass is 16.2. The molecule has 25 heavy (non-hydrogen) atoms. The molecule has 0 unspecified atom stereocenters. The van der Waals surface area contributed by atoms with Gasteiger partial charge in [0.2, 0.25) is 17.7 Å². The van der Waals surface area contributed by atoms with Crippen LogP contribution in [0.1, 0.15) is 37.7 Å². The van der Waals surface area contributed by atoms with Crippen LogP contribution in [-0.2, 0) is 20.8 Å². The summed E-state index contributed by atoms with van der Waals surface area (Å²) in [4.78, 5) is 35.4. The Bertz CT molecular complexity index is 681. The van der Waals surface area contributed by atoms with E-state index in [0.29, 0.717) is 19.4 Å². The number of rotatable bonds is 5. The number of fused-ring (bicyclic) bond motifs is 1. The second-order valence-corrected chi connectivity index (χ2v) is 6.74. The molecule has 0 aromatic heterocycles. The van der Waals surface area contributed by atoms with Crippen molar-refractivity contribution in [3.8, 4) is 0 Å². The molecule has 0 bridgehead atoms. The zero-order valence-electron chi connectivity index (χ0n) is 14.1. The Balaban J connectivity index is 1.49. The van der Waals surface area contributed by atoms with Crippen LogP contribution in [0.25, 0.3) is 0 Å². The average molecular weight is 344 g/mol. The highest BCUT2D eigenvalue weighted by molar-refractivity contribution is 6.00. The quantitative estimate of drug-likeness (QED) is 0.641. The maximum atomic E-state index is 12.5. The molecule has 3 rings (SSSR count). The third kappa shape index (κ3) is 4.36. The number of nitrogens with one attached hydrogen (secondary N) is 3. The van der Waals surface area contributed by atoms with E-state index in [4.69, 9.17) is 5.73 Å². The van der Waals surface area contributed by atoms with Crippen molar-refractivity contribution in [3.05, 3.63) is 23.8 Å². The van der Waals surface area contributed by atoms with Crippen LogP contribution in [0.2, 0.25) is 0 Å². The van der Waals surface area contributed by atoms with E-state index >= 15 is 0 Å². The molecular weight excluding hydrogens is 320 g/mol. The molecule has 1 aromatic carbocycles. The van der Waals surface area contributed by atoms with Crippen molar-refractivity contribution in [1.82, 2.24) is 5.32 Å². The van der Waals surface area contributed by atoms with Gasteiger partial charge in [0.15, 0.2) is 0 Å². The molecule has 0 spiro atoms. The van der Waals surface area contributed by atoms with Gasteiger partial charge in [-0.05, 0) is 49.4 Å². The molecule has 0 atom stereocenters. The van der Waals surface area contributed by atoms with E-state index in [-0.39, 0.29) is 29.7 Å².